The minimum atomic E-state index is 0.253. The van der Waals surface area contributed by atoms with Gasteiger partial charge in [0.1, 0.15) is 0 Å². The Balaban J connectivity index is 2.33. The molecule has 1 aliphatic heterocycles. The third-order valence-electron chi connectivity index (χ3n) is 2.24. The van der Waals surface area contributed by atoms with Crippen LogP contribution in [0.2, 0.25) is 0 Å². The highest BCUT2D eigenvalue weighted by molar-refractivity contribution is 4.79. The Bertz CT molecular complexity index is 117. The van der Waals surface area contributed by atoms with E-state index in [-0.39, 0.29) is 12.6 Å². The van der Waals surface area contributed by atoms with Crippen molar-refractivity contribution in [1.29, 1.82) is 0 Å². The predicted molar refractivity (Wildman–Crippen MR) is 45.6 cm³/mol. The number of aliphatic hydroxyl groups is 1. The molecule has 0 radical (unpaired) electrons. The third-order valence-corrected chi connectivity index (χ3v) is 2.24. The van der Waals surface area contributed by atoms with Gasteiger partial charge in [-0.1, -0.05) is 0 Å². The van der Waals surface area contributed by atoms with Crippen molar-refractivity contribution in [2.75, 3.05) is 26.2 Å². The normalized spacial score (nSPS) is 27.8. The van der Waals surface area contributed by atoms with Crippen LogP contribution in [0.15, 0.2) is 0 Å². The topological polar surface area (TPSA) is 35.5 Å². The molecule has 66 valence electrons. The highest BCUT2D eigenvalue weighted by Crippen LogP contribution is 2.02. The first-order chi connectivity index (χ1) is 5.24. The van der Waals surface area contributed by atoms with E-state index in [9.17, 15) is 0 Å². The summed E-state index contributed by atoms with van der Waals surface area (Å²) in [4.78, 5) is 2.39. The van der Waals surface area contributed by atoms with Crippen LogP contribution in [0.5, 0.6) is 0 Å². The van der Waals surface area contributed by atoms with Gasteiger partial charge in [-0.15, -0.1) is 0 Å². The molecule has 0 aromatic rings. The van der Waals surface area contributed by atoms with Crippen LogP contribution in [-0.4, -0.2) is 48.3 Å². The maximum atomic E-state index is 8.90. The molecule has 1 heterocycles. The predicted octanol–water partition coefficient (Wildman–Crippen LogP) is -0.339. The maximum absolute atomic E-state index is 8.90. The molecule has 0 aromatic carbocycles. The van der Waals surface area contributed by atoms with Crippen LogP contribution in [-0.2, 0) is 0 Å². The van der Waals surface area contributed by atoms with Crippen LogP contribution < -0.4 is 5.32 Å². The molecule has 1 fully saturated rings. The monoisotopic (exact) mass is 158 g/mol. The summed E-state index contributed by atoms with van der Waals surface area (Å²) in [5.74, 6) is 0. The second-order valence-corrected chi connectivity index (χ2v) is 3.42. The van der Waals surface area contributed by atoms with Crippen molar-refractivity contribution in [1.82, 2.24) is 10.2 Å². The Kier molecular flexibility index (Phi) is 3.30. The first kappa shape index (κ1) is 8.97. The Morgan fingerprint density at radius 1 is 1.64 bits per heavy atom. The van der Waals surface area contributed by atoms with E-state index in [1.165, 1.54) is 0 Å². The number of piperazine rings is 1. The summed E-state index contributed by atoms with van der Waals surface area (Å²) in [5, 5.41) is 12.2. The molecule has 0 aliphatic carbocycles. The number of nitrogens with zero attached hydrogens (tertiary/aromatic N) is 1. The lowest BCUT2D eigenvalue weighted by atomic mass is 10.2. The summed E-state index contributed by atoms with van der Waals surface area (Å²) in [6.45, 7) is 7.73. The molecule has 3 nitrogen and oxygen atoms in total. The molecule has 1 atom stereocenters. The molecule has 0 bridgehead atoms. The highest BCUT2D eigenvalue weighted by Gasteiger charge is 2.19. The number of nitrogens with one attached hydrogen (secondary N) is 1. The molecule has 0 unspecified atom stereocenters. The Labute approximate surface area is 68.4 Å². The molecule has 1 rings (SSSR count). The molecule has 0 amide bonds. The number of aliphatic hydroxyl groups excluding tert-OH is 1. The van der Waals surface area contributed by atoms with Crippen molar-refractivity contribution in [3.63, 3.8) is 0 Å². The molecular formula is C8H18N2O. The molecular weight excluding hydrogens is 140 g/mol. The van der Waals surface area contributed by atoms with Gasteiger partial charge in [-0.2, -0.15) is 0 Å². The van der Waals surface area contributed by atoms with E-state index in [0.29, 0.717) is 6.04 Å². The van der Waals surface area contributed by atoms with Crippen molar-refractivity contribution < 1.29 is 5.11 Å². The standard InChI is InChI=1S/C8H18N2O/c1-7(2)10-4-3-9-8(5-10)6-11/h7-9,11H,3-6H2,1-2H3/t8-/m1/s1. The van der Waals surface area contributed by atoms with Gasteiger partial charge < -0.3 is 10.4 Å². The molecule has 1 saturated heterocycles. The number of hydrogen-bond donors (Lipinski definition) is 2. The number of rotatable bonds is 2. The second kappa shape index (κ2) is 4.04. The fourth-order valence-electron chi connectivity index (χ4n) is 1.44. The van der Waals surface area contributed by atoms with E-state index in [4.69, 9.17) is 5.11 Å². The van der Waals surface area contributed by atoms with Gasteiger partial charge in [0.05, 0.1) is 6.61 Å². The summed E-state index contributed by atoms with van der Waals surface area (Å²) in [6.07, 6.45) is 0. The second-order valence-electron chi connectivity index (χ2n) is 3.42. The zero-order valence-electron chi connectivity index (χ0n) is 7.38. The average Bonchev–Trinajstić information content (AvgIpc) is 2.05. The van der Waals surface area contributed by atoms with Gasteiger partial charge in [0, 0.05) is 31.7 Å². The van der Waals surface area contributed by atoms with Crippen LogP contribution in [0, 0.1) is 0 Å². The van der Waals surface area contributed by atoms with Crippen molar-refractivity contribution in [3.05, 3.63) is 0 Å². The fourth-order valence-corrected chi connectivity index (χ4v) is 1.44. The lowest BCUT2D eigenvalue weighted by Crippen LogP contribution is -2.54. The van der Waals surface area contributed by atoms with Gasteiger partial charge in [-0.05, 0) is 13.8 Å². The minimum Gasteiger partial charge on any atom is -0.395 e. The summed E-state index contributed by atoms with van der Waals surface area (Å²) < 4.78 is 0. The van der Waals surface area contributed by atoms with Gasteiger partial charge in [0.25, 0.3) is 0 Å². The maximum Gasteiger partial charge on any atom is 0.0597 e. The molecule has 0 aromatic heterocycles. The Morgan fingerprint density at radius 3 is 2.91 bits per heavy atom. The SMILES string of the molecule is CC(C)N1CCN[C@@H](CO)C1. The fraction of sp³-hybridized carbons (Fsp3) is 1.00. The van der Waals surface area contributed by atoms with Crippen LogP contribution in [0.25, 0.3) is 0 Å². The van der Waals surface area contributed by atoms with Gasteiger partial charge in [0.15, 0.2) is 0 Å². The molecule has 3 heteroatoms. The first-order valence-electron chi connectivity index (χ1n) is 4.32. The number of hydrogen-bond acceptors (Lipinski definition) is 3. The summed E-state index contributed by atoms with van der Waals surface area (Å²) >= 11 is 0. The lowest BCUT2D eigenvalue weighted by molar-refractivity contribution is 0.125. The minimum absolute atomic E-state index is 0.253. The van der Waals surface area contributed by atoms with Crippen molar-refractivity contribution in [2.45, 2.75) is 25.9 Å². The third kappa shape index (κ3) is 2.43. The summed E-state index contributed by atoms with van der Waals surface area (Å²) in [6, 6.07) is 0.886. The smallest absolute Gasteiger partial charge is 0.0597 e. The van der Waals surface area contributed by atoms with Crippen LogP contribution in [0.4, 0.5) is 0 Å². The zero-order valence-corrected chi connectivity index (χ0v) is 7.38. The van der Waals surface area contributed by atoms with Gasteiger partial charge in [-0.25, -0.2) is 0 Å². The highest BCUT2D eigenvalue weighted by atomic mass is 16.3. The van der Waals surface area contributed by atoms with E-state index in [1.54, 1.807) is 0 Å². The van der Waals surface area contributed by atoms with Crippen molar-refractivity contribution in [2.24, 2.45) is 0 Å². The van der Waals surface area contributed by atoms with E-state index < -0.39 is 0 Å². The van der Waals surface area contributed by atoms with E-state index in [2.05, 4.69) is 24.1 Å². The van der Waals surface area contributed by atoms with Crippen LogP contribution in [0.3, 0.4) is 0 Å². The molecule has 1 aliphatic rings. The molecule has 2 N–H and O–H groups in total. The Morgan fingerprint density at radius 2 is 2.36 bits per heavy atom. The van der Waals surface area contributed by atoms with Gasteiger partial charge in [0.2, 0.25) is 0 Å². The lowest BCUT2D eigenvalue weighted by Gasteiger charge is -2.35. The quantitative estimate of drug-likeness (QED) is 0.577. The Hall–Kier alpha value is -0.120. The van der Waals surface area contributed by atoms with E-state index in [0.717, 1.165) is 19.6 Å². The average molecular weight is 158 g/mol. The van der Waals surface area contributed by atoms with Crippen LogP contribution in [0.1, 0.15) is 13.8 Å². The van der Waals surface area contributed by atoms with Gasteiger partial charge in [-0.3, -0.25) is 4.90 Å². The largest absolute Gasteiger partial charge is 0.395 e. The summed E-state index contributed by atoms with van der Waals surface area (Å²) in [5.41, 5.74) is 0. The summed E-state index contributed by atoms with van der Waals surface area (Å²) in [7, 11) is 0. The van der Waals surface area contributed by atoms with E-state index in [1.807, 2.05) is 0 Å². The zero-order chi connectivity index (χ0) is 8.27. The molecule has 0 saturated carbocycles. The molecule has 0 spiro atoms. The van der Waals surface area contributed by atoms with Crippen molar-refractivity contribution in [3.8, 4) is 0 Å². The molecule has 11 heavy (non-hydrogen) atoms. The van der Waals surface area contributed by atoms with E-state index >= 15 is 0 Å². The van der Waals surface area contributed by atoms with Crippen molar-refractivity contribution >= 4 is 0 Å². The van der Waals surface area contributed by atoms with Gasteiger partial charge >= 0.3 is 0 Å². The van der Waals surface area contributed by atoms with Crippen LogP contribution >= 0.6 is 0 Å². The first-order valence-corrected chi connectivity index (χ1v) is 4.32.